The van der Waals surface area contributed by atoms with Gasteiger partial charge < -0.3 is 14.4 Å². The standard InChI is InChI=1S/C13H13FN2O3/c1-9-15-4-5-16(9)6-7-19-10-2-3-11(13(17)18)12(14)8-10/h2-5,8H,6-7H2,1H3,(H,17,18). The molecule has 0 radical (unpaired) electrons. The molecule has 2 rings (SSSR count). The number of nitrogens with zero attached hydrogens (tertiary/aromatic N) is 2. The largest absolute Gasteiger partial charge is 0.492 e. The van der Waals surface area contributed by atoms with Gasteiger partial charge in [0.1, 0.15) is 24.0 Å². The summed E-state index contributed by atoms with van der Waals surface area (Å²) in [5.41, 5.74) is -0.363. The molecule has 1 heterocycles. The molecule has 0 aliphatic carbocycles. The fraction of sp³-hybridized carbons (Fsp3) is 0.231. The number of carboxylic acid groups (broad SMARTS) is 1. The van der Waals surface area contributed by atoms with Crippen LogP contribution in [0.25, 0.3) is 0 Å². The Morgan fingerprint density at radius 2 is 2.32 bits per heavy atom. The van der Waals surface area contributed by atoms with Gasteiger partial charge in [-0.2, -0.15) is 0 Å². The molecule has 100 valence electrons. The van der Waals surface area contributed by atoms with Gasteiger partial charge >= 0.3 is 5.97 Å². The number of rotatable bonds is 5. The number of aromatic carboxylic acids is 1. The summed E-state index contributed by atoms with van der Waals surface area (Å²) < 4.78 is 20.7. The lowest BCUT2D eigenvalue weighted by Gasteiger charge is -2.08. The van der Waals surface area contributed by atoms with Crippen LogP contribution in [-0.2, 0) is 6.54 Å². The van der Waals surface area contributed by atoms with Crippen molar-refractivity contribution >= 4 is 5.97 Å². The summed E-state index contributed by atoms with van der Waals surface area (Å²) in [5.74, 6) is -0.918. The molecule has 0 bridgehead atoms. The second-order valence-corrected chi connectivity index (χ2v) is 3.96. The van der Waals surface area contributed by atoms with Crippen molar-refractivity contribution in [2.75, 3.05) is 6.61 Å². The van der Waals surface area contributed by atoms with Crippen LogP contribution in [-0.4, -0.2) is 27.2 Å². The normalized spacial score (nSPS) is 10.4. The van der Waals surface area contributed by atoms with E-state index in [1.807, 2.05) is 17.7 Å². The second-order valence-electron chi connectivity index (χ2n) is 3.96. The molecular formula is C13H13FN2O3. The zero-order chi connectivity index (χ0) is 13.8. The summed E-state index contributed by atoms with van der Waals surface area (Å²) in [6, 6.07) is 3.70. The Morgan fingerprint density at radius 3 is 2.89 bits per heavy atom. The number of aromatic nitrogens is 2. The highest BCUT2D eigenvalue weighted by atomic mass is 19.1. The molecule has 1 aromatic heterocycles. The van der Waals surface area contributed by atoms with Crippen LogP contribution in [0.15, 0.2) is 30.6 Å². The summed E-state index contributed by atoms with van der Waals surface area (Å²) in [6.07, 6.45) is 3.52. The minimum Gasteiger partial charge on any atom is -0.492 e. The third-order valence-electron chi connectivity index (χ3n) is 2.70. The maximum atomic E-state index is 13.4. The molecule has 0 saturated carbocycles. The second kappa shape index (κ2) is 5.51. The van der Waals surface area contributed by atoms with Crippen LogP contribution in [0.5, 0.6) is 5.75 Å². The molecule has 6 heteroatoms. The van der Waals surface area contributed by atoms with Crippen molar-refractivity contribution in [1.82, 2.24) is 9.55 Å². The van der Waals surface area contributed by atoms with Gasteiger partial charge in [-0.3, -0.25) is 0 Å². The van der Waals surface area contributed by atoms with E-state index in [0.29, 0.717) is 18.9 Å². The quantitative estimate of drug-likeness (QED) is 0.898. The van der Waals surface area contributed by atoms with Gasteiger partial charge in [-0.25, -0.2) is 14.2 Å². The third kappa shape index (κ3) is 3.09. The zero-order valence-corrected chi connectivity index (χ0v) is 10.3. The van der Waals surface area contributed by atoms with E-state index in [9.17, 15) is 9.18 Å². The van der Waals surface area contributed by atoms with E-state index in [1.165, 1.54) is 12.1 Å². The molecule has 0 unspecified atom stereocenters. The first-order valence-electron chi connectivity index (χ1n) is 5.71. The van der Waals surface area contributed by atoms with Gasteiger partial charge in [0, 0.05) is 18.5 Å². The number of hydrogen-bond donors (Lipinski definition) is 1. The van der Waals surface area contributed by atoms with Crippen LogP contribution < -0.4 is 4.74 Å². The van der Waals surface area contributed by atoms with Gasteiger partial charge in [0.25, 0.3) is 0 Å². The van der Waals surface area contributed by atoms with Crippen LogP contribution >= 0.6 is 0 Å². The van der Waals surface area contributed by atoms with Crippen molar-refractivity contribution in [2.45, 2.75) is 13.5 Å². The maximum absolute atomic E-state index is 13.4. The van der Waals surface area contributed by atoms with E-state index in [4.69, 9.17) is 9.84 Å². The summed E-state index contributed by atoms with van der Waals surface area (Å²) in [5, 5.41) is 8.70. The van der Waals surface area contributed by atoms with Gasteiger partial charge in [0.15, 0.2) is 0 Å². The Kier molecular flexibility index (Phi) is 3.79. The molecule has 1 aromatic carbocycles. The number of benzene rings is 1. The lowest BCUT2D eigenvalue weighted by molar-refractivity contribution is 0.0692. The van der Waals surface area contributed by atoms with Gasteiger partial charge in [-0.05, 0) is 19.1 Å². The van der Waals surface area contributed by atoms with E-state index in [2.05, 4.69) is 4.98 Å². The Morgan fingerprint density at radius 1 is 1.53 bits per heavy atom. The van der Waals surface area contributed by atoms with E-state index >= 15 is 0 Å². The smallest absolute Gasteiger partial charge is 0.338 e. The molecule has 0 aliphatic rings. The molecular weight excluding hydrogens is 251 g/mol. The maximum Gasteiger partial charge on any atom is 0.338 e. The van der Waals surface area contributed by atoms with Crippen LogP contribution in [0.4, 0.5) is 4.39 Å². The number of aryl methyl sites for hydroxylation is 1. The number of carbonyl (C=O) groups is 1. The Balaban J connectivity index is 1.95. The molecule has 0 aliphatic heterocycles. The molecule has 0 saturated heterocycles. The number of halogens is 1. The Hall–Kier alpha value is -2.37. The number of carboxylic acids is 1. The summed E-state index contributed by atoms with van der Waals surface area (Å²) in [4.78, 5) is 14.7. The predicted octanol–water partition coefficient (Wildman–Crippen LogP) is 2.11. The van der Waals surface area contributed by atoms with Crippen molar-refractivity contribution in [2.24, 2.45) is 0 Å². The topological polar surface area (TPSA) is 64.4 Å². The number of ether oxygens (including phenoxy) is 1. The Bertz CT molecular complexity index is 595. The average molecular weight is 264 g/mol. The van der Waals surface area contributed by atoms with Gasteiger partial charge in [-0.15, -0.1) is 0 Å². The van der Waals surface area contributed by atoms with Gasteiger partial charge in [0.05, 0.1) is 12.1 Å². The van der Waals surface area contributed by atoms with E-state index in [1.54, 1.807) is 6.20 Å². The lowest BCUT2D eigenvalue weighted by Crippen LogP contribution is -2.09. The minimum absolute atomic E-state index is 0.306. The van der Waals surface area contributed by atoms with Crippen LogP contribution in [0, 0.1) is 12.7 Å². The monoisotopic (exact) mass is 264 g/mol. The number of imidazole rings is 1. The summed E-state index contributed by atoms with van der Waals surface area (Å²) in [6.45, 7) is 2.82. The molecule has 0 spiro atoms. The summed E-state index contributed by atoms with van der Waals surface area (Å²) >= 11 is 0. The predicted molar refractivity (Wildman–Crippen MR) is 65.8 cm³/mol. The van der Waals surface area contributed by atoms with Crippen LogP contribution in [0.2, 0.25) is 0 Å². The highest BCUT2D eigenvalue weighted by Gasteiger charge is 2.10. The van der Waals surface area contributed by atoms with Crippen molar-refractivity contribution in [1.29, 1.82) is 0 Å². The van der Waals surface area contributed by atoms with Crippen molar-refractivity contribution in [3.63, 3.8) is 0 Å². The first kappa shape index (κ1) is 13.1. The molecule has 0 atom stereocenters. The third-order valence-corrected chi connectivity index (χ3v) is 2.70. The molecule has 1 N–H and O–H groups in total. The van der Waals surface area contributed by atoms with Crippen molar-refractivity contribution < 1.29 is 19.0 Å². The van der Waals surface area contributed by atoms with Gasteiger partial charge in [0.2, 0.25) is 0 Å². The van der Waals surface area contributed by atoms with Crippen LogP contribution in [0.3, 0.4) is 0 Å². The van der Waals surface area contributed by atoms with Gasteiger partial charge in [-0.1, -0.05) is 0 Å². The summed E-state index contributed by atoms with van der Waals surface area (Å²) in [7, 11) is 0. The van der Waals surface area contributed by atoms with Crippen LogP contribution in [0.1, 0.15) is 16.2 Å². The number of hydrogen-bond acceptors (Lipinski definition) is 3. The lowest BCUT2D eigenvalue weighted by atomic mass is 10.2. The average Bonchev–Trinajstić information content (AvgIpc) is 2.75. The van der Waals surface area contributed by atoms with Crippen molar-refractivity contribution in [3.05, 3.63) is 47.8 Å². The van der Waals surface area contributed by atoms with E-state index in [0.717, 1.165) is 11.9 Å². The van der Waals surface area contributed by atoms with Crippen molar-refractivity contribution in [3.8, 4) is 5.75 Å². The van der Waals surface area contributed by atoms with E-state index in [-0.39, 0.29) is 5.56 Å². The fourth-order valence-electron chi connectivity index (χ4n) is 1.66. The molecule has 0 amide bonds. The zero-order valence-electron chi connectivity index (χ0n) is 10.3. The molecule has 19 heavy (non-hydrogen) atoms. The SMILES string of the molecule is Cc1nccn1CCOc1ccc(C(=O)O)c(F)c1. The van der Waals surface area contributed by atoms with E-state index < -0.39 is 11.8 Å². The molecule has 5 nitrogen and oxygen atoms in total. The first-order chi connectivity index (χ1) is 9.08. The fourth-order valence-corrected chi connectivity index (χ4v) is 1.66. The minimum atomic E-state index is -1.29. The highest BCUT2D eigenvalue weighted by molar-refractivity contribution is 5.88. The molecule has 0 fully saturated rings. The molecule has 2 aromatic rings. The first-order valence-corrected chi connectivity index (χ1v) is 5.71. The highest BCUT2D eigenvalue weighted by Crippen LogP contribution is 2.16. The Labute approximate surface area is 109 Å².